The molecular formula is C16H17BrO3. The predicted molar refractivity (Wildman–Crippen MR) is 82.1 cm³/mol. The van der Waals surface area contributed by atoms with Crippen LogP contribution in [0.15, 0.2) is 46.9 Å². The summed E-state index contributed by atoms with van der Waals surface area (Å²) >= 11 is 3.44. The minimum atomic E-state index is -0.501. The molecule has 20 heavy (non-hydrogen) atoms. The second kappa shape index (κ2) is 6.77. The Kier molecular flexibility index (Phi) is 5.04. The predicted octanol–water partition coefficient (Wildman–Crippen LogP) is 4.09. The molecule has 2 aromatic carbocycles. The van der Waals surface area contributed by atoms with Crippen LogP contribution in [0.3, 0.4) is 0 Å². The van der Waals surface area contributed by atoms with Gasteiger partial charge in [0.05, 0.1) is 13.2 Å². The van der Waals surface area contributed by atoms with Crippen LogP contribution >= 0.6 is 15.9 Å². The minimum Gasteiger partial charge on any atom is -0.496 e. The first-order chi connectivity index (χ1) is 9.60. The van der Waals surface area contributed by atoms with Gasteiger partial charge < -0.3 is 14.6 Å². The summed E-state index contributed by atoms with van der Waals surface area (Å²) in [5.41, 5.74) is 1.80. The van der Waals surface area contributed by atoms with Crippen molar-refractivity contribution in [3.63, 3.8) is 0 Å². The van der Waals surface area contributed by atoms with Crippen LogP contribution < -0.4 is 9.47 Å². The molecule has 0 saturated heterocycles. The number of benzene rings is 2. The lowest BCUT2D eigenvalue weighted by Gasteiger charge is -2.12. The first-order valence-electron chi connectivity index (χ1n) is 6.33. The Morgan fingerprint density at radius 2 is 2.00 bits per heavy atom. The van der Waals surface area contributed by atoms with E-state index < -0.39 is 6.10 Å². The number of aliphatic hydroxyl groups excluding tert-OH is 1. The molecular weight excluding hydrogens is 320 g/mol. The molecule has 3 nitrogen and oxygen atoms in total. The Morgan fingerprint density at radius 3 is 2.70 bits per heavy atom. The van der Waals surface area contributed by atoms with Crippen LogP contribution in [-0.2, 0) is 6.61 Å². The molecule has 0 radical (unpaired) electrons. The summed E-state index contributed by atoms with van der Waals surface area (Å²) < 4.78 is 12.1. The van der Waals surface area contributed by atoms with E-state index in [4.69, 9.17) is 9.47 Å². The Morgan fingerprint density at radius 1 is 1.20 bits per heavy atom. The summed E-state index contributed by atoms with van der Waals surface area (Å²) in [5.74, 6) is 1.52. The van der Waals surface area contributed by atoms with Crippen molar-refractivity contribution < 1.29 is 14.6 Å². The van der Waals surface area contributed by atoms with Crippen molar-refractivity contribution >= 4 is 15.9 Å². The first kappa shape index (κ1) is 14.9. The van der Waals surface area contributed by atoms with Crippen molar-refractivity contribution in [2.45, 2.75) is 19.6 Å². The molecule has 0 spiro atoms. The summed E-state index contributed by atoms with van der Waals surface area (Å²) in [6.07, 6.45) is -0.501. The van der Waals surface area contributed by atoms with E-state index in [-0.39, 0.29) is 0 Å². The molecule has 2 rings (SSSR count). The van der Waals surface area contributed by atoms with E-state index in [1.807, 2.05) is 42.5 Å². The van der Waals surface area contributed by atoms with Crippen LogP contribution in [-0.4, -0.2) is 12.2 Å². The smallest absolute Gasteiger partial charge is 0.125 e. The van der Waals surface area contributed by atoms with Gasteiger partial charge in [0, 0.05) is 10.0 Å². The average molecular weight is 337 g/mol. The molecule has 0 aromatic heterocycles. The molecule has 0 aliphatic carbocycles. The van der Waals surface area contributed by atoms with Crippen LogP contribution in [0.4, 0.5) is 0 Å². The number of hydrogen-bond donors (Lipinski definition) is 1. The van der Waals surface area contributed by atoms with E-state index in [2.05, 4.69) is 15.9 Å². The fourth-order valence-corrected chi connectivity index (χ4v) is 2.29. The Balaban J connectivity index is 2.12. The van der Waals surface area contributed by atoms with Crippen molar-refractivity contribution in [2.75, 3.05) is 7.11 Å². The summed E-state index contributed by atoms with van der Waals surface area (Å²) in [4.78, 5) is 0. The maximum atomic E-state index is 9.57. The third kappa shape index (κ3) is 3.74. The van der Waals surface area contributed by atoms with Gasteiger partial charge in [-0.05, 0) is 42.8 Å². The lowest BCUT2D eigenvalue weighted by Crippen LogP contribution is -2.00. The number of aliphatic hydroxyl groups is 1. The molecule has 0 aliphatic heterocycles. The third-order valence-electron chi connectivity index (χ3n) is 2.98. The number of rotatable bonds is 5. The van der Waals surface area contributed by atoms with E-state index in [0.29, 0.717) is 6.61 Å². The van der Waals surface area contributed by atoms with Gasteiger partial charge in [0.25, 0.3) is 0 Å². The number of ether oxygens (including phenoxy) is 2. The number of hydrogen-bond acceptors (Lipinski definition) is 3. The molecule has 1 atom stereocenters. The van der Waals surface area contributed by atoms with Crippen LogP contribution in [0.1, 0.15) is 24.2 Å². The van der Waals surface area contributed by atoms with Crippen LogP contribution in [0, 0.1) is 0 Å². The lowest BCUT2D eigenvalue weighted by molar-refractivity contribution is 0.198. The van der Waals surface area contributed by atoms with E-state index >= 15 is 0 Å². The van der Waals surface area contributed by atoms with Crippen LogP contribution in [0.2, 0.25) is 0 Å². The summed E-state index contributed by atoms with van der Waals surface area (Å²) in [6.45, 7) is 2.14. The molecule has 4 heteroatoms. The summed E-state index contributed by atoms with van der Waals surface area (Å²) in [7, 11) is 1.64. The molecule has 0 amide bonds. The van der Waals surface area contributed by atoms with Gasteiger partial charge in [0.15, 0.2) is 0 Å². The van der Waals surface area contributed by atoms with Crippen molar-refractivity contribution in [3.05, 3.63) is 58.1 Å². The number of methoxy groups -OCH3 is 1. The van der Waals surface area contributed by atoms with Crippen molar-refractivity contribution in [1.29, 1.82) is 0 Å². The van der Waals surface area contributed by atoms with Gasteiger partial charge in [-0.25, -0.2) is 0 Å². The largest absolute Gasteiger partial charge is 0.496 e. The fourth-order valence-electron chi connectivity index (χ4n) is 1.89. The highest BCUT2D eigenvalue weighted by Gasteiger charge is 2.06. The van der Waals surface area contributed by atoms with Crippen LogP contribution in [0.25, 0.3) is 0 Å². The Bertz CT molecular complexity index is 582. The van der Waals surface area contributed by atoms with Gasteiger partial charge in [-0.1, -0.05) is 28.1 Å². The average Bonchev–Trinajstić information content (AvgIpc) is 2.45. The Hall–Kier alpha value is -1.52. The van der Waals surface area contributed by atoms with E-state index in [9.17, 15) is 5.11 Å². The number of halogens is 1. The van der Waals surface area contributed by atoms with Crippen molar-refractivity contribution in [1.82, 2.24) is 0 Å². The van der Waals surface area contributed by atoms with Gasteiger partial charge in [-0.2, -0.15) is 0 Å². The summed E-state index contributed by atoms with van der Waals surface area (Å²) in [5, 5.41) is 9.57. The maximum absolute atomic E-state index is 9.57. The second-order valence-electron chi connectivity index (χ2n) is 4.49. The van der Waals surface area contributed by atoms with Crippen LogP contribution in [0.5, 0.6) is 11.5 Å². The maximum Gasteiger partial charge on any atom is 0.125 e. The lowest BCUT2D eigenvalue weighted by atomic mass is 10.1. The minimum absolute atomic E-state index is 0.409. The molecule has 2 aromatic rings. The topological polar surface area (TPSA) is 38.7 Å². The zero-order valence-corrected chi connectivity index (χ0v) is 13.1. The molecule has 0 heterocycles. The molecule has 0 bridgehead atoms. The zero-order valence-electron chi connectivity index (χ0n) is 11.5. The monoisotopic (exact) mass is 336 g/mol. The second-order valence-corrected chi connectivity index (χ2v) is 5.41. The van der Waals surface area contributed by atoms with E-state index in [0.717, 1.165) is 27.1 Å². The van der Waals surface area contributed by atoms with E-state index in [1.54, 1.807) is 14.0 Å². The van der Waals surface area contributed by atoms with Crippen molar-refractivity contribution in [2.24, 2.45) is 0 Å². The SMILES string of the molecule is COc1ccc(Br)cc1COc1cccc([C@H](C)O)c1. The highest BCUT2D eigenvalue weighted by Crippen LogP contribution is 2.25. The van der Waals surface area contributed by atoms with Gasteiger partial charge in [-0.15, -0.1) is 0 Å². The fraction of sp³-hybridized carbons (Fsp3) is 0.250. The zero-order chi connectivity index (χ0) is 14.5. The summed E-state index contributed by atoms with van der Waals surface area (Å²) in [6, 6.07) is 13.3. The van der Waals surface area contributed by atoms with Gasteiger partial charge >= 0.3 is 0 Å². The molecule has 0 aliphatic rings. The van der Waals surface area contributed by atoms with Gasteiger partial charge in [-0.3, -0.25) is 0 Å². The third-order valence-corrected chi connectivity index (χ3v) is 3.47. The van der Waals surface area contributed by atoms with Gasteiger partial charge in [0.2, 0.25) is 0 Å². The molecule has 106 valence electrons. The highest BCUT2D eigenvalue weighted by atomic mass is 79.9. The van der Waals surface area contributed by atoms with Crippen molar-refractivity contribution in [3.8, 4) is 11.5 Å². The van der Waals surface area contributed by atoms with E-state index in [1.165, 1.54) is 0 Å². The normalized spacial score (nSPS) is 12.0. The molecule has 1 N–H and O–H groups in total. The standard InChI is InChI=1S/C16H17BrO3/c1-11(18)12-4-3-5-15(9-12)20-10-13-8-14(17)6-7-16(13)19-2/h3-9,11,18H,10H2,1-2H3/t11-/m0/s1. The molecule has 0 saturated carbocycles. The van der Waals surface area contributed by atoms with Gasteiger partial charge in [0.1, 0.15) is 18.1 Å². The highest BCUT2D eigenvalue weighted by molar-refractivity contribution is 9.10. The molecule has 0 unspecified atom stereocenters. The Labute approximate surface area is 127 Å². The first-order valence-corrected chi connectivity index (χ1v) is 7.12. The molecule has 0 fully saturated rings. The quantitative estimate of drug-likeness (QED) is 0.893.